The highest BCUT2D eigenvalue weighted by Crippen LogP contribution is 2.52. The number of para-hydroxylation sites is 2. The molecule has 18 heteroatoms. The van der Waals surface area contributed by atoms with Crippen molar-refractivity contribution in [1.82, 2.24) is 19.5 Å². The highest BCUT2D eigenvalue weighted by Gasteiger charge is 2.54. The van der Waals surface area contributed by atoms with Gasteiger partial charge in [-0.2, -0.15) is 9.97 Å². The quantitative estimate of drug-likeness (QED) is 0.109. The molecule has 4 aromatic rings. The minimum absolute atomic E-state index is 0.00768. The Morgan fingerprint density at radius 2 is 1.51 bits per heavy atom. The van der Waals surface area contributed by atoms with Crippen LogP contribution in [0.3, 0.4) is 0 Å². The van der Waals surface area contributed by atoms with Crippen LogP contribution in [0.25, 0.3) is 11.2 Å². The molecule has 2 aromatic heterocycles. The number of methoxy groups -OCH3 is 2. The molecule has 0 aliphatic carbocycles. The number of carbonyl (C=O) groups excluding carboxylic acids is 2. The largest absolute Gasteiger partial charge is 0.587 e. The third kappa shape index (κ3) is 7.92. The molecule has 262 valence electrons. The molecule has 3 heterocycles. The number of aryl methyl sites for hydroxylation is 2. The zero-order valence-electron chi connectivity index (χ0n) is 26.9. The van der Waals surface area contributed by atoms with Gasteiger partial charge < -0.3 is 44.9 Å². The SMILES string of the molecule is COC(=O)CCc1ccccc1OP(=O)(OC[C@H]1O[C@@H](n2cnc3c(N)nc(N)nc32)[C@@](C)(O)[C@H]1O)Oc1ccccc1CCC(=O)OC. The van der Waals surface area contributed by atoms with E-state index < -0.39 is 50.4 Å². The van der Waals surface area contributed by atoms with Gasteiger partial charge >= 0.3 is 19.8 Å². The Morgan fingerprint density at radius 1 is 0.959 bits per heavy atom. The summed E-state index contributed by atoms with van der Waals surface area (Å²) in [4.78, 5) is 35.9. The molecule has 0 spiro atoms. The number of ether oxygens (including phenoxy) is 3. The summed E-state index contributed by atoms with van der Waals surface area (Å²) < 4.78 is 49.1. The number of hydrogen-bond acceptors (Lipinski definition) is 16. The smallest absolute Gasteiger partial charge is 0.469 e. The van der Waals surface area contributed by atoms with Gasteiger partial charge in [0.05, 0.1) is 27.2 Å². The summed E-state index contributed by atoms with van der Waals surface area (Å²) in [6.45, 7) is 0.745. The van der Waals surface area contributed by atoms with Gasteiger partial charge in [-0.05, 0) is 43.0 Å². The summed E-state index contributed by atoms with van der Waals surface area (Å²) in [6.07, 6.45) is -2.42. The number of carbonyl (C=O) groups is 2. The lowest BCUT2D eigenvalue weighted by Gasteiger charge is -2.27. The van der Waals surface area contributed by atoms with E-state index in [-0.39, 0.29) is 60.1 Å². The van der Waals surface area contributed by atoms with E-state index in [0.29, 0.717) is 11.1 Å². The first-order valence-electron chi connectivity index (χ1n) is 15.1. The lowest BCUT2D eigenvalue weighted by molar-refractivity contribution is -0.141. The number of aliphatic hydroxyl groups is 2. The van der Waals surface area contributed by atoms with E-state index in [1.165, 1.54) is 44.2 Å². The van der Waals surface area contributed by atoms with Gasteiger partial charge in [0, 0.05) is 12.8 Å². The Labute approximate surface area is 280 Å². The number of nitrogens with two attached hydrogens (primary N) is 2. The molecule has 1 fully saturated rings. The second-order valence-corrected chi connectivity index (χ2v) is 12.8. The lowest BCUT2D eigenvalue weighted by atomic mass is 9.96. The zero-order valence-corrected chi connectivity index (χ0v) is 27.8. The van der Waals surface area contributed by atoms with Gasteiger partial charge in [0.2, 0.25) is 5.95 Å². The van der Waals surface area contributed by atoms with E-state index in [0.717, 1.165) is 0 Å². The van der Waals surface area contributed by atoms with Crippen LogP contribution in [-0.2, 0) is 45.7 Å². The minimum atomic E-state index is -4.66. The number of hydrogen-bond donors (Lipinski definition) is 4. The van der Waals surface area contributed by atoms with Crippen molar-refractivity contribution < 1.29 is 52.1 Å². The number of phosphoric acid groups is 1. The molecule has 0 amide bonds. The maximum Gasteiger partial charge on any atom is 0.587 e. The van der Waals surface area contributed by atoms with Crippen LogP contribution in [0.4, 0.5) is 11.8 Å². The fourth-order valence-corrected chi connectivity index (χ4v) is 6.57. The lowest BCUT2D eigenvalue weighted by Crippen LogP contribution is -2.44. The second-order valence-electron chi connectivity index (χ2n) is 11.3. The Morgan fingerprint density at radius 3 is 2.06 bits per heavy atom. The Hall–Kier alpha value is -4.80. The number of esters is 2. The molecule has 5 rings (SSSR count). The Kier molecular flexibility index (Phi) is 10.7. The highest BCUT2D eigenvalue weighted by atomic mass is 31.2. The molecule has 1 aliphatic rings. The van der Waals surface area contributed by atoms with Crippen LogP contribution >= 0.6 is 7.82 Å². The van der Waals surface area contributed by atoms with Crippen LogP contribution in [0.2, 0.25) is 0 Å². The molecule has 1 aliphatic heterocycles. The molecular formula is C31H37N6O11P. The van der Waals surface area contributed by atoms with Crippen molar-refractivity contribution in [2.24, 2.45) is 0 Å². The number of benzene rings is 2. The van der Waals surface area contributed by atoms with Crippen LogP contribution in [0.15, 0.2) is 54.9 Å². The number of imidazole rings is 1. The van der Waals surface area contributed by atoms with E-state index in [1.807, 2.05) is 0 Å². The molecule has 0 unspecified atom stereocenters. The van der Waals surface area contributed by atoms with E-state index in [1.54, 1.807) is 36.4 Å². The monoisotopic (exact) mass is 700 g/mol. The fraction of sp³-hybridized carbons (Fsp3) is 0.387. The van der Waals surface area contributed by atoms with Crippen LogP contribution in [0.1, 0.15) is 37.1 Å². The second kappa shape index (κ2) is 14.8. The van der Waals surface area contributed by atoms with Crippen molar-refractivity contribution in [3.05, 3.63) is 66.0 Å². The number of rotatable bonds is 14. The molecule has 49 heavy (non-hydrogen) atoms. The first-order chi connectivity index (χ1) is 23.3. The summed E-state index contributed by atoms with van der Waals surface area (Å²) in [5.74, 6) is -0.853. The van der Waals surface area contributed by atoms with Gasteiger partial charge in [-0.3, -0.25) is 18.7 Å². The molecule has 17 nitrogen and oxygen atoms in total. The summed E-state index contributed by atoms with van der Waals surface area (Å²) in [5.41, 5.74) is 11.1. The van der Waals surface area contributed by atoms with Crippen molar-refractivity contribution in [2.45, 2.75) is 56.6 Å². The Balaban J connectivity index is 1.43. The molecule has 0 radical (unpaired) electrons. The topological polar surface area (TPSA) is 243 Å². The first-order valence-corrected chi connectivity index (χ1v) is 16.6. The third-order valence-corrected chi connectivity index (χ3v) is 9.19. The number of aliphatic hydroxyl groups excluding tert-OH is 1. The van der Waals surface area contributed by atoms with Gasteiger partial charge in [0.15, 0.2) is 17.7 Å². The van der Waals surface area contributed by atoms with Crippen molar-refractivity contribution >= 4 is 42.7 Å². The van der Waals surface area contributed by atoms with Crippen LogP contribution in [0, 0.1) is 0 Å². The van der Waals surface area contributed by atoms with Gasteiger partial charge in [-0.15, -0.1) is 0 Å². The summed E-state index contributed by atoms with van der Waals surface area (Å²) in [6, 6.07) is 13.1. The molecule has 0 bridgehead atoms. The van der Waals surface area contributed by atoms with Crippen LogP contribution in [0.5, 0.6) is 11.5 Å². The molecule has 0 saturated carbocycles. The molecule has 4 atom stereocenters. The van der Waals surface area contributed by atoms with Gasteiger partial charge in [-0.25, -0.2) is 9.55 Å². The van der Waals surface area contributed by atoms with Crippen LogP contribution < -0.4 is 20.5 Å². The van der Waals surface area contributed by atoms with E-state index in [2.05, 4.69) is 15.0 Å². The average molecular weight is 701 g/mol. The summed E-state index contributed by atoms with van der Waals surface area (Å²) >= 11 is 0. The zero-order chi connectivity index (χ0) is 35.3. The van der Waals surface area contributed by atoms with Gasteiger partial charge in [0.1, 0.15) is 34.8 Å². The summed E-state index contributed by atoms with van der Waals surface area (Å²) in [5, 5.41) is 22.6. The van der Waals surface area contributed by atoms with Crippen molar-refractivity contribution in [2.75, 3.05) is 32.3 Å². The molecule has 1 saturated heterocycles. The number of aromatic nitrogens is 4. The normalized spacial score (nSPS) is 20.6. The van der Waals surface area contributed by atoms with Crippen molar-refractivity contribution in [1.29, 1.82) is 0 Å². The van der Waals surface area contributed by atoms with Gasteiger partial charge in [-0.1, -0.05) is 36.4 Å². The predicted molar refractivity (Wildman–Crippen MR) is 173 cm³/mol. The third-order valence-electron chi connectivity index (χ3n) is 7.89. The first kappa shape index (κ1) is 35.5. The fourth-order valence-electron chi connectivity index (χ4n) is 5.26. The predicted octanol–water partition coefficient (Wildman–Crippen LogP) is 2.49. The molecular weight excluding hydrogens is 663 g/mol. The average Bonchev–Trinajstić information content (AvgIpc) is 3.59. The molecule has 2 aromatic carbocycles. The molecule has 6 N–H and O–H groups in total. The maximum atomic E-state index is 14.5. The number of nitrogen functional groups attached to an aromatic ring is 2. The number of nitrogens with zero attached hydrogens (tertiary/aromatic N) is 4. The van der Waals surface area contributed by atoms with Crippen molar-refractivity contribution in [3.63, 3.8) is 0 Å². The Bertz CT molecular complexity index is 1800. The van der Waals surface area contributed by atoms with Crippen molar-refractivity contribution in [3.8, 4) is 11.5 Å². The summed E-state index contributed by atoms with van der Waals surface area (Å²) in [7, 11) is -2.11. The highest BCUT2D eigenvalue weighted by molar-refractivity contribution is 7.49. The van der Waals surface area contributed by atoms with E-state index in [4.69, 9.17) is 39.2 Å². The standard InChI is InChI=1S/C31H37N6O11P/c1-31(41)26(40)22(46-29(31)37-17-34-25-27(32)35-30(33)36-28(25)37)16-45-49(42,47-20-10-6-4-8-18(20)12-14-23(38)43-2)48-21-11-7-5-9-19(21)13-15-24(39)44-3/h4-11,17,22,26,29,40-41H,12-16H2,1-3H3,(H4,32,33,35,36)/t22-,26+,29-,31+/m1/s1. The van der Waals surface area contributed by atoms with Crippen LogP contribution in [-0.4, -0.2) is 80.3 Å². The van der Waals surface area contributed by atoms with E-state index in [9.17, 15) is 24.4 Å². The van der Waals surface area contributed by atoms with E-state index >= 15 is 0 Å². The number of fused-ring (bicyclic) bond motifs is 1. The maximum absolute atomic E-state index is 14.5. The minimum Gasteiger partial charge on any atom is -0.469 e. The number of phosphoric ester groups is 1. The number of anilines is 2. The van der Waals surface area contributed by atoms with Gasteiger partial charge in [0.25, 0.3) is 0 Å².